The predicted molar refractivity (Wildman–Crippen MR) is 130 cm³/mol. The van der Waals surface area contributed by atoms with Crippen LogP contribution in [0.3, 0.4) is 0 Å². The topological polar surface area (TPSA) is 115 Å². The highest BCUT2D eigenvalue weighted by molar-refractivity contribution is 5.96. The number of aliphatic hydroxyl groups is 2. The molecule has 1 unspecified atom stereocenters. The maximum atomic E-state index is 12.4. The fourth-order valence-electron chi connectivity index (χ4n) is 3.31. The highest BCUT2D eigenvalue weighted by Crippen LogP contribution is 2.28. The van der Waals surface area contributed by atoms with Gasteiger partial charge >= 0.3 is 0 Å². The maximum Gasteiger partial charge on any atom is 0.186 e. The Kier molecular flexibility index (Phi) is 10.3. The number of phenols is 2. The maximum absolute atomic E-state index is 12.4. The Balaban J connectivity index is 2.58. The summed E-state index contributed by atoms with van der Waals surface area (Å²) in [4.78, 5) is 24.5. The van der Waals surface area contributed by atoms with Crippen LogP contribution in [0.15, 0.2) is 47.6 Å². The van der Waals surface area contributed by atoms with Gasteiger partial charge in [0, 0.05) is 12.0 Å². The van der Waals surface area contributed by atoms with Gasteiger partial charge in [-0.05, 0) is 97.1 Å². The number of hydrogen-bond donors (Lipinski definition) is 4. The van der Waals surface area contributed by atoms with Crippen LogP contribution in [0.5, 0.6) is 11.5 Å². The molecule has 0 aromatic heterocycles. The first-order valence-electron chi connectivity index (χ1n) is 11.2. The van der Waals surface area contributed by atoms with Crippen molar-refractivity contribution < 1.29 is 30.0 Å². The number of phenolic OH excluding ortho intramolecular Hbond substituents is 2. The third kappa shape index (κ3) is 10.6. The summed E-state index contributed by atoms with van der Waals surface area (Å²) >= 11 is 0. The highest BCUT2D eigenvalue weighted by atomic mass is 16.3. The van der Waals surface area contributed by atoms with Crippen LogP contribution in [0.4, 0.5) is 0 Å². The molecule has 0 fully saturated rings. The lowest BCUT2D eigenvalue weighted by molar-refractivity contribution is -0.131. The predicted octanol–water partition coefficient (Wildman–Crippen LogP) is 4.62. The van der Waals surface area contributed by atoms with E-state index in [9.17, 15) is 30.0 Å². The number of aryl methyl sites for hydroxylation is 1. The monoisotopic (exact) mass is 458 g/mol. The minimum atomic E-state index is -1.53. The van der Waals surface area contributed by atoms with E-state index in [1.165, 1.54) is 31.2 Å². The zero-order valence-electron chi connectivity index (χ0n) is 20.6. The normalized spacial score (nSPS) is 15.0. The van der Waals surface area contributed by atoms with E-state index in [4.69, 9.17) is 0 Å². The molecule has 0 aliphatic carbocycles. The van der Waals surface area contributed by atoms with Gasteiger partial charge in [0.2, 0.25) is 0 Å². The number of carbonyl (C=O) groups excluding carboxylic acids is 2. The fraction of sp³-hybridized carbons (Fsp3) is 0.481. The molecule has 0 heterocycles. The van der Waals surface area contributed by atoms with Gasteiger partial charge in [0.15, 0.2) is 11.6 Å². The molecule has 0 amide bonds. The molecule has 6 nitrogen and oxygen atoms in total. The van der Waals surface area contributed by atoms with Crippen molar-refractivity contribution in [1.29, 1.82) is 0 Å². The van der Waals surface area contributed by atoms with E-state index in [1.54, 1.807) is 26.8 Å². The Morgan fingerprint density at radius 3 is 2.27 bits per heavy atom. The lowest BCUT2D eigenvalue weighted by Gasteiger charge is -2.20. The van der Waals surface area contributed by atoms with Crippen molar-refractivity contribution in [2.24, 2.45) is 0 Å². The van der Waals surface area contributed by atoms with Crippen LogP contribution >= 0.6 is 0 Å². The van der Waals surface area contributed by atoms with E-state index in [0.717, 1.165) is 11.1 Å². The molecule has 1 aromatic rings. The van der Waals surface area contributed by atoms with Gasteiger partial charge in [-0.1, -0.05) is 23.3 Å². The second-order valence-corrected chi connectivity index (χ2v) is 9.64. The number of allylic oxidation sites excluding steroid dienone is 4. The van der Waals surface area contributed by atoms with Crippen LogP contribution in [0.1, 0.15) is 71.4 Å². The van der Waals surface area contributed by atoms with Crippen LogP contribution in [0, 0.1) is 6.92 Å². The Morgan fingerprint density at radius 1 is 1.03 bits per heavy atom. The SMILES string of the molecule is CC(=CC(=O)CC(C)=CCc1cc(O)cc(C)c1O)CCCC(C)(O)C(=O)C=CC(C)(C)O. The third-order valence-electron chi connectivity index (χ3n) is 5.30. The number of carbonyl (C=O) groups is 2. The van der Waals surface area contributed by atoms with Crippen molar-refractivity contribution in [3.63, 3.8) is 0 Å². The van der Waals surface area contributed by atoms with Crippen molar-refractivity contribution in [1.82, 2.24) is 0 Å². The smallest absolute Gasteiger partial charge is 0.186 e. The van der Waals surface area contributed by atoms with Gasteiger partial charge in [0.1, 0.15) is 17.1 Å². The van der Waals surface area contributed by atoms with Crippen molar-refractivity contribution >= 4 is 11.6 Å². The van der Waals surface area contributed by atoms with E-state index in [-0.39, 0.29) is 30.1 Å². The summed E-state index contributed by atoms with van der Waals surface area (Å²) in [7, 11) is 0. The van der Waals surface area contributed by atoms with Gasteiger partial charge in [0.05, 0.1) is 5.60 Å². The summed E-state index contributed by atoms with van der Waals surface area (Å²) in [5.74, 6) is -0.275. The molecule has 4 N–H and O–H groups in total. The zero-order valence-corrected chi connectivity index (χ0v) is 20.6. The Labute approximate surface area is 197 Å². The number of rotatable bonds is 12. The number of ketones is 2. The number of benzene rings is 1. The molecule has 0 saturated carbocycles. The Morgan fingerprint density at radius 2 is 1.67 bits per heavy atom. The van der Waals surface area contributed by atoms with Gasteiger partial charge < -0.3 is 20.4 Å². The molecule has 1 atom stereocenters. The van der Waals surface area contributed by atoms with Gasteiger partial charge in [0.25, 0.3) is 0 Å². The molecule has 33 heavy (non-hydrogen) atoms. The first kappa shape index (κ1) is 28.3. The van der Waals surface area contributed by atoms with Gasteiger partial charge in [-0.3, -0.25) is 9.59 Å². The lowest BCUT2D eigenvalue weighted by atomic mass is 9.91. The Bertz CT molecular complexity index is 942. The highest BCUT2D eigenvalue weighted by Gasteiger charge is 2.27. The largest absolute Gasteiger partial charge is 0.508 e. The van der Waals surface area contributed by atoms with Crippen LogP contribution in [-0.2, 0) is 16.0 Å². The van der Waals surface area contributed by atoms with Crippen molar-refractivity contribution in [2.75, 3.05) is 0 Å². The second kappa shape index (κ2) is 12.0. The minimum absolute atomic E-state index is 0.0477. The molecule has 0 saturated heterocycles. The summed E-state index contributed by atoms with van der Waals surface area (Å²) in [5, 5.41) is 39.9. The average molecular weight is 459 g/mol. The number of aromatic hydroxyl groups is 2. The quantitative estimate of drug-likeness (QED) is 0.206. The molecule has 0 aliphatic rings. The fourth-order valence-corrected chi connectivity index (χ4v) is 3.31. The standard InChI is InChI=1S/C27H38O6/c1-18(8-7-12-27(6,33)24(30)11-13-26(4,5)32)14-22(28)15-19(2)9-10-21-17-23(29)16-20(3)25(21)31/h9,11,13-14,16-17,29,31-33H,7-8,10,12,15H2,1-6H3. The summed E-state index contributed by atoms with van der Waals surface area (Å²) in [6, 6.07) is 3.01. The molecule has 1 aromatic carbocycles. The lowest BCUT2D eigenvalue weighted by Crippen LogP contribution is -2.34. The van der Waals surface area contributed by atoms with E-state index < -0.39 is 17.0 Å². The molecular formula is C27H38O6. The zero-order chi connectivity index (χ0) is 25.4. The molecule has 0 spiro atoms. The van der Waals surface area contributed by atoms with Crippen LogP contribution in [-0.4, -0.2) is 43.2 Å². The van der Waals surface area contributed by atoms with Crippen molar-refractivity contribution in [3.05, 3.63) is 58.7 Å². The first-order chi connectivity index (χ1) is 15.1. The van der Waals surface area contributed by atoms with E-state index >= 15 is 0 Å². The summed E-state index contributed by atoms with van der Waals surface area (Å²) in [6.07, 6.45) is 8.01. The summed E-state index contributed by atoms with van der Waals surface area (Å²) in [6.45, 7) is 9.95. The van der Waals surface area contributed by atoms with E-state index in [1.807, 2.05) is 19.9 Å². The summed E-state index contributed by atoms with van der Waals surface area (Å²) in [5.41, 5.74) is 0.270. The minimum Gasteiger partial charge on any atom is -0.508 e. The molecular weight excluding hydrogens is 420 g/mol. The van der Waals surface area contributed by atoms with Crippen LogP contribution < -0.4 is 0 Å². The second-order valence-electron chi connectivity index (χ2n) is 9.64. The molecule has 0 bridgehead atoms. The summed E-state index contributed by atoms with van der Waals surface area (Å²) < 4.78 is 0. The van der Waals surface area contributed by atoms with E-state index in [2.05, 4.69) is 0 Å². The molecule has 0 radical (unpaired) electrons. The van der Waals surface area contributed by atoms with Gasteiger partial charge in [-0.25, -0.2) is 0 Å². The van der Waals surface area contributed by atoms with Gasteiger partial charge in [-0.15, -0.1) is 0 Å². The van der Waals surface area contributed by atoms with Crippen LogP contribution in [0.2, 0.25) is 0 Å². The third-order valence-corrected chi connectivity index (χ3v) is 5.30. The van der Waals surface area contributed by atoms with Crippen LogP contribution in [0.25, 0.3) is 0 Å². The molecule has 0 aliphatic heterocycles. The molecule has 1 rings (SSSR count). The van der Waals surface area contributed by atoms with Gasteiger partial charge in [-0.2, -0.15) is 0 Å². The average Bonchev–Trinajstić information content (AvgIpc) is 2.66. The van der Waals surface area contributed by atoms with Crippen molar-refractivity contribution in [2.45, 2.75) is 84.8 Å². The first-order valence-corrected chi connectivity index (χ1v) is 11.2. The molecule has 182 valence electrons. The molecule has 6 heteroatoms. The number of hydrogen-bond acceptors (Lipinski definition) is 6. The van der Waals surface area contributed by atoms with E-state index in [0.29, 0.717) is 30.4 Å². The Hall–Kier alpha value is -2.70. The van der Waals surface area contributed by atoms with Crippen molar-refractivity contribution in [3.8, 4) is 11.5 Å².